The Labute approximate surface area is 132 Å². The molecule has 0 aliphatic carbocycles. The second-order valence-corrected chi connectivity index (χ2v) is 5.90. The smallest absolute Gasteiger partial charge is 0.264 e. The topological polar surface area (TPSA) is 68.5 Å². The summed E-state index contributed by atoms with van der Waals surface area (Å²) >= 11 is 0. The molecule has 0 radical (unpaired) electrons. The number of likely N-dealkylation sites (tertiary alicyclic amines) is 1. The van der Waals surface area contributed by atoms with Crippen LogP contribution in [0.5, 0.6) is 5.75 Å². The molecule has 1 aromatic heterocycles. The Morgan fingerprint density at radius 2 is 2.30 bits per heavy atom. The Morgan fingerprint density at radius 3 is 3.04 bits per heavy atom. The SMILES string of the molecule is Cc1nc([C@@H]2CCCN2C(=O)[C@H]2Cc3cccc(F)c3O2)no1. The second kappa shape index (κ2) is 5.33. The fourth-order valence-electron chi connectivity index (χ4n) is 3.30. The van der Waals surface area contributed by atoms with E-state index < -0.39 is 11.9 Å². The molecule has 1 saturated heterocycles. The monoisotopic (exact) mass is 317 g/mol. The van der Waals surface area contributed by atoms with Crippen LogP contribution in [0.1, 0.15) is 36.2 Å². The molecule has 0 N–H and O–H groups in total. The van der Waals surface area contributed by atoms with Crippen molar-refractivity contribution in [3.8, 4) is 5.75 Å². The van der Waals surface area contributed by atoms with Gasteiger partial charge in [0.05, 0.1) is 6.04 Å². The lowest BCUT2D eigenvalue weighted by atomic mass is 10.1. The lowest BCUT2D eigenvalue weighted by Crippen LogP contribution is -2.41. The van der Waals surface area contributed by atoms with Crippen molar-refractivity contribution in [2.75, 3.05) is 6.54 Å². The fraction of sp³-hybridized carbons (Fsp3) is 0.438. The Morgan fingerprint density at radius 1 is 1.43 bits per heavy atom. The van der Waals surface area contributed by atoms with Crippen LogP contribution in [-0.2, 0) is 11.2 Å². The average molecular weight is 317 g/mol. The highest BCUT2D eigenvalue weighted by Crippen LogP contribution is 2.35. The number of amides is 1. The summed E-state index contributed by atoms with van der Waals surface area (Å²) < 4.78 is 24.4. The van der Waals surface area contributed by atoms with Gasteiger partial charge in [-0.2, -0.15) is 4.98 Å². The molecule has 0 unspecified atom stereocenters. The predicted octanol–water partition coefficient (Wildman–Crippen LogP) is 2.18. The van der Waals surface area contributed by atoms with E-state index in [1.54, 1.807) is 24.0 Å². The number of carbonyl (C=O) groups excluding carboxylic acids is 1. The number of hydrogen-bond donors (Lipinski definition) is 0. The molecule has 2 atom stereocenters. The van der Waals surface area contributed by atoms with E-state index in [1.807, 2.05) is 0 Å². The van der Waals surface area contributed by atoms with E-state index in [-0.39, 0.29) is 17.7 Å². The third-order valence-corrected chi connectivity index (χ3v) is 4.37. The summed E-state index contributed by atoms with van der Waals surface area (Å²) in [6, 6.07) is 4.56. The van der Waals surface area contributed by atoms with E-state index in [2.05, 4.69) is 10.1 Å². The Bertz CT molecular complexity index is 761. The minimum Gasteiger partial charge on any atom is -0.477 e. The molecule has 2 aromatic rings. The first-order chi connectivity index (χ1) is 11.1. The van der Waals surface area contributed by atoms with Gasteiger partial charge in [-0.3, -0.25) is 4.79 Å². The molecule has 2 aliphatic heterocycles. The summed E-state index contributed by atoms with van der Waals surface area (Å²) in [5.41, 5.74) is 0.731. The molecule has 6 nitrogen and oxygen atoms in total. The molecule has 23 heavy (non-hydrogen) atoms. The number of para-hydroxylation sites is 1. The molecule has 2 aliphatic rings. The first kappa shape index (κ1) is 14.2. The van der Waals surface area contributed by atoms with Crippen molar-refractivity contribution >= 4 is 5.91 Å². The van der Waals surface area contributed by atoms with E-state index in [4.69, 9.17) is 9.26 Å². The standard InChI is InChI=1S/C16H16FN3O3/c1-9-18-15(19-23-9)12-6-3-7-20(12)16(21)13-8-10-4-2-5-11(17)14(10)22-13/h2,4-5,12-13H,3,6-8H2,1H3/t12-,13+/m0/s1. The fourth-order valence-corrected chi connectivity index (χ4v) is 3.30. The van der Waals surface area contributed by atoms with Crippen LogP contribution in [-0.4, -0.2) is 33.6 Å². The summed E-state index contributed by atoms with van der Waals surface area (Å²) in [4.78, 5) is 18.8. The van der Waals surface area contributed by atoms with Crippen molar-refractivity contribution in [3.05, 3.63) is 41.3 Å². The van der Waals surface area contributed by atoms with Gasteiger partial charge in [-0.25, -0.2) is 4.39 Å². The molecular formula is C16H16FN3O3. The highest BCUT2D eigenvalue weighted by atomic mass is 19.1. The van der Waals surface area contributed by atoms with Crippen LogP contribution in [0.25, 0.3) is 0 Å². The number of carbonyl (C=O) groups is 1. The molecule has 120 valence electrons. The van der Waals surface area contributed by atoms with Crippen LogP contribution >= 0.6 is 0 Å². The van der Waals surface area contributed by atoms with Crippen molar-refractivity contribution in [3.63, 3.8) is 0 Å². The van der Waals surface area contributed by atoms with Crippen LogP contribution in [0, 0.1) is 12.7 Å². The third kappa shape index (κ3) is 2.36. The van der Waals surface area contributed by atoms with Gasteiger partial charge in [0.1, 0.15) is 0 Å². The maximum absolute atomic E-state index is 13.8. The van der Waals surface area contributed by atoms with Crippen LogP contribution in [0.4, 0.5) is 4.39 Å². The molecule has 0 bridgehead atoms. The molecule has 3 heterocycles. The minimum atomic E-state index is -0.685. The van der Waals surface area contributed by atoms with E-state index in [9.17, 15) is 9.18 Å². The number of aryl methyl sites for hydroxylation is 1. The zero-order valence-electron chi connectivity index (χ0n) is 12.7. The number of rotatable bonds is 2. The van der Waals surface area contributed by atoms with E-state index in [1.165, 1.54) is 6.07 Å². The molecule has 0 spiro atoms. The highest BCUT2D eigenvalue weighted by molar-refractivity contribution is 5.83. The van der Waals surface area contributed by atoms with Gasteiger partial charge in [-0.1, -0.05) is 17.3 Å². The Hall–Kier alpha value is -2.44. The van der Waals surface area contributed by atoms with Gasteiger partial charge >= 0.3 is 0 Å². The van der Waals surface area contributed by atoms with Crippen molar-refractivity contribution in [2.24, 2.45) is 0 Å². The quantitative estimate of drug-likeness (QED) is 0.849. The van der Waals surface area contributed by atoms with E-state index >= 15 is 0 Å². The van der Waals surface area contributed by atoms with E-state index in [0.717, 1.165) is 18.4 Å². The lowest BCUT2D eigenvalue weighted by Gasteiger charge is -2.25. The van der Waals surface area contributed by atoms with Gasteiger partial charge in [-0.05, 0) is 18.9 Å². The first-order valence-corrected chi connectivity index (χ1v) is 7.68. The van der Waals surface area contributed by atoms with Crippen molar-refractivity contribution < 1.29 is 18.4 Å². The highest BCUT2D eigenvalue weighted by Gasteiger charge is 2.40. The number of benzene rings is 1. The number of aromatic nitrogens is 2. The van der Waals surface area contributed by atoms with Gasteiger partial charge < -0.3 is 14.2 Å². The maximum Gasteiger partial charge on any atom is 0.264 e. The number of fused-ring (bicyclic) bond motifs is 1. The third-order valence-electron chi connectivity index (χ3n) is 4.37. The number of nitrogens with zero attached hydrogens (tertiary/aromatic N) is 3. The first-order valence-electron chi connectivity index (χ1n) is 7.68. The van der Waals surface area contributed by atoms with Gasteiger partial charge in [-0.15, -0.1) is 0 Å². The summed E-state index contributed by atoms with van der Waals surface area (Å²) in [6.45, 7) is 2.34. The molecule has 1 amide bonds. The van der Waals surface area contributed by atoms with E-state index in [0.29, 0.717) is 24.7 Å². The number of hydrogen-bond acceptors (Lipinski definition) is 5. The second-order valence-electron chi connectivity index (χ2n) is 5.90. The van der Waals surface area contributed by atoms with Crippen molar-refractivity contribution in [2.45, 2.75) is 38.3 Å². The zero-order valence-corrected chi connectivity index (χ0v) is 12.7. The molecular weight excluding hydrogens is 301 g/mol. The maximum atomic E-state index is 13.8. The molecule has 1 fully saturated rings. The van der Waals surface area contributed by atoms with Gasteiger partial charge in [0.15, 0.2) is 23.5 Å². The van der Waals surface area contributed by atoms with Crippen molar-refractivity contribution in [1.82, 2.24) is 15.0 Å². The van der Waals surface area contributed by atoms with Crippen molar-refractivity contribution in [1.29, 1.82) is 0 Å². The summed E-state index contributed by atoms with van der Waals surface area (Å²) in [7, 11) is 0. The minimum absolute atomic E-state index is 0.148. The Balaban J connectivity index is 1.54. The molecule has 4 rings (SSSR count). The molecule has 1 aromatic carbocycles. The Kier molecular flexibility index (Phi) is 3.28. The largest absolute Gasteiger partial charge is 0.477 e. The summed E-state index contributed by atoms with van der Waals surface area (Å²) in [5, 5.41) is 3.93. The summed E-state index contributed by atoms with van der Waals surface area (Å²) in [5.74, 6) is 0.619. The van der Waals surface area contributed by atoms with Gasteiger partial charge in [0, 0.05) is 25.5 Å². The van der Waals surface area contributed by atoms with Crippen LogP contribution in [0.15, 0.2) is 22.7 Å². The number of ether oxygens (including phenoxy) is 1. The van der Waals surface area contributed by atoms with Crippen LogP contribution in [0.3, 0.4) is 0 Å². The van der Waals surface area contributed by atoms with Crippen LogP contribution in [0.2, 0.25) is 0 Å². The number of halogens is 1. The lowest BCUT2D eigenvalue weighted by molar-refractivity contribution is -0.139. The summed E-state index contributed by atoms with van der Waals surface area (Å²) in [6.07, 6.45) is 1.37. The molecule has 7 heteroatoms. The van der Waals surface area contributed by atoms with Gasteiger partial charge in [0.2, 0.25) is 5.89 Å². The average Bonchev–Trinajstić information content (AvgIpc) is 3.24. The predicted molar refractivity (Wildman–Crippen MR) is 77.2 cm³/mol. The molecule has 0 saturated carbocycles. The normalized spacial score (nSPS) is 23.0. The van der Waals surface area contributed by atoms with Gasteiger partial charge in [0.25, 0.3) is 5.91 Å². The zero-order chi connectivity index (χ0) is 16.0. The van der Waals surface area contributed by atoms with Crippen LogP contribution < -0.4 is 4.74 Å².